The van der Waals surface area contributed by atoms with E-state index in [-0.39, 0.29) is 37.9 Å². The first-order chi connectivity index (χ1) is 11.0. The van der Waals surface area contributed by atoms with Gasteiger partial charge in [0.05, 0.1) is 18.9 Å². The zero-order valence-electron chi connectivity index (χ0n) is 12.6. The molecule has 0 bridgehead atoms. The SMILES string of the molecule is O=C(O)CCN(Cc1ccc(F)c(F)c1)C(=O)CC1CCCO1. The molecule has 0 spiro atoms. The number of halogens is 2. The highest BCUT2D eigenvalue weighted by Crippen LogP contribution is 2.18. The van der Waals surface area contributed by atoms with Crippen LogP contribution >= 0.6 is 0 Å². The number of carbonyl (C=O) groups is 2. The van der Waals surface area contributed by atoms with Crippen molar-refractivity contribution in [1.29, 1.82) is 0 Å². The second-order valence-electron chi connectivity index (χ2n) is 5.55. The second kappa shape index (κ2) is 8.01. The fourth-order valence-electron chi connectivity index (χ4n) is 2.51. The maximum atomic E-state index is 13.3. The van der Waals surface area contributed by atoms with Crippen LogP contribution in [-0.4, -0.2) is 41.1 Å². The molecule has 1 aromatic carbocycles. The van der Waals surface area contributed by atoms with Crippen molar-refractivity contribution in [3.05, 3.63) is 35.4 Å². The topological polar surface area (TPSA) is 66.8 Å². The van der Waals surface area contributed by atoms with Crippen LogP contribution < -0.4 is 0 Å². The van der Waals surface area contributed by atoms with Crippen molar-refractivity contribution in [1.82, 2.24) is 4.90 Å². The van der Waals surface area contributed by atoms with E-state index in [0.29, 0.717) is 12.2 Å². The summed E-state index contributed by atoms with van der Waals surface area (Å²) in [7, 11) is 0. The highest BCUT2D eigenvalue weighted by Gasteiger charge is 2.23. The van der Waals surface area contributed by atoms with Gasteiger partial charge in [-0.3, -0.25) is 9.59 Å². The van der Waals surface area contributed by atoms with Crippen molar-refractivity contribution in [3.8, 4) is 0 Å². The van der Waals surface area contributed by atoms with Crippen LogP contribution in [0.25, 0.3) is 0 Å². The average Bonchev–Trinajstić information content (AvgIpc) is 2.99. The number of carboxylic acids is 1. The molecule has 1 N–H and O–H groups in total. The van der Waals surface area contributed by atoms with E-state index in [4.69, 9.17) is 9.84 Å². The molecule has 0 aromatic heterocycles. The summed E-state index contributed by atoms with van der Waals surface area (Å²) in [6.45, 7) is 0.673. The van der Waals surface area contributed by atoms with Crippen LogP contribution in [0.4, 0.5) is 8.78 Å². The number of benzene rings is 1. The van der Waals surface area contributed by atoms with Gasteiger partial charge in [-0.05, 0) is 30.5 Å². The summed E-state index contributed by atoms with van der Waals surface area (Å²) in [5, 5.41) is 8.80. The highest BCUT2D eigenvalue weighted by molar-refractivity contribution is 5.77. The Bertz CT molecular complexity index is 573. The summed E-state index contributed by atoms with van der Waals surface area (Å²) in [4.78, 5) is 24.5. The number of carboxylic acid groups (broad SMARTS) is 1. The molecule has 126 valence electrons. The molecule has 7 heteroatoms. The van der Waals surface area contributed by atoms with Gasteiger partial charge >= 0.3 is 5.97 Å². The first kappa shape index (κ1) is 17.3. The molecule has 0 aliphatic carbocycles. The molecule has 0 radical (unpaired) electrons. The van der Waals surface area contributed by atoms with E-state index in [9.17, 15) is 18.4 Å². The van der Waals surface area contributed by atoms with E-state index in [1.54, 1.807) is 0 Å². The van der Waals surface area contributed by atoms with Crippen LogP contribution in [0.1, 0.15) is 31.2 Å². The fourth-order valence-corrected chi connectivity index (χ4v) is 2.51. The van der Waals surface area contributed by atoms with E-state index in [1.807, 2.05) is 0 Å². The zero-order valence-corrected chi connectivity index (χ0v) is 12.6. The number of rotatable bonds is 7. The predicted octanol–water partition coefficient (Wildman–Crippen LogP) is 2.34. The van der Waals surface area contributed by atoms with Crippen molar-refractivity contribution in [3.63, 3.8) is 0 Å². The Morgan fingerprint density at radius 1 is 1.30 bits per heavy atom. The van der Waals surface area contributed by atoms with Gasteiger partial charge < -0.3 is 14.7 Å². The van der Waals surface area contributed by atoms with Crippen LogP contribution in [-0.2, 0) is 20.9 Å². The number of amides is 1. The third kappa shape index (κ3) is 5.28. The van der Waals surface area contributed by atoms with Gasteiger partial charge in [-0.15, -0.1) is 0 Å². The van der Waals surface area contributed by atoms with Crippen molar-refractivity contribution < 1.29 is 28.2 Å². The lowest BCUT2D eigenvalue weighted by Gasteiger charge is -2.23. The third-order valence-electron chi connectivity index (χ3n) is 3.73. The number of hydrogen-bond donors (Lipinski definition) is 1. The van der Waals surface area contributed by atoms with Gasteiger partial charge in [-0.1, -0.05) is 6.07 Å². The molecule has 0 saturated carbocycles. The Kier molecular flexibility index (Phi) is 6.04. The summed E-state index contributed by atoms with van der Waals surface area (Å²) in [6, 6.07) is 3.39. The smallest absolute Gasteiger partial charge is 0.305 e. The number of aliphatic carboxylic acids is 1. The Morgan fingerprint density at radius 2 is 2.09 bits per heavy atom. The van der Waals surface area contributed by atoms with E-state index in [0.717, 1.165) is 25.0 Å². The average molecular weight is 327 g/mol. The van der Waals surface area contributed by atoms with Gasteiger partial charge in [-0.25, -0.2) is 8.78 Å². The van der Waals surface area contributed by atoms with Crippen molar-refractivity contribution in [2.24, 2.45) is 0 Å². The number of hydrogen-bond acceptors (Lipinski definition) is 3. The zero-order chi connectivity index (χ0) is 16.8. The Hall–Kier alpha value is -2.02. The lowest BCUT2D eigenvalue weighted by atomic mass is 10.1. The predicted molar refractivity (Wildman–Crippen MR) is 77.6 cm³/mol. The van der Waals surface area contributed by atoms with Crippen LogP contribution in [0.5, 0.6) is 0 Å². The summed E-state index contributed by atoms with van der Waals surface area (Å²) in [5.74, 6) is -3.23. The molecule has 1 fully saturated rings. The molecule has 1 aliphatic rings. The fraction of sp³-hybridized carbons (Fsp3) is 0.500. The lowest BCUT2D eigenvalue weighted by Crippen LogP contribution is -2.34. The largest absolute Gasteiger partial charge is 0.481 e. The quantitative estimate of drug-likeness (QED) is 0.835. The van der Waals surface area contributed by atoms with Gasteiger partial charge in [0.2, 0.25) is 5.91 Å². The lowest BCUT2D eigenvalue weighted by molar-refractivity contribution is -0.139. The minimum absolute atomic E-state index is 0.0138. The minimum atomic E-state index is -1.02. The van der Waals surface area contributed by atoms with Crippen molar-refractivity contribution >= 4 is 11.9 Å². The molecule has 23 heavy (non-hydrogen) atoms. The molecule has 2 rings (SSSR count). The molecule has 1 heterocycles. The van der Waals surface area contributed by atoms with Crippen molar-refractivity contribution in [2.75, 3.05) is 13.2 Å². The van der Waals surface area contributed by atoms with Crippen LogP contribution in [0.3, 0.4) is 0 Å². The number of nitrogens with zero attached hydrogens (tertiary/aromatic N) is 1. The minimum Gasteiger partial charge on any atom is -0.481 e. The number of ether oxygens (including phenoxy) is 1. The van der Waals surface area contributed by atoms with Crippen molar-refractivity contribution in [2.45, 2.75) is 38.3 Å². The standard InChI is InChI=1S/C16H19F2NO4/c17-13-4-3-11(8-14(13)18)10-19(6-5-16(21)22)15(20)9-12-2-1-7-23-12/h3-4,8,12H,1-2,5-7,9-10H2,(H,21,22). The van der Waals surface area contributed by atoms with Gasteiger partial charge in [0.15, 0.2) is 11.6 Å². The first-order valence-electron chi connectivity index (χ1n) is 7.51. The van der Waals surface area contributed by atoms with Gasteiger partial charge in [0.25, 0.3) is 0 Å². The first-order valence-corrected chi connectivity index (χ1v) is 7.51. The number of carbonyl (C=O) groups excluding carboxylic acids is 1. The summed E-state index contributed by atoms with van der Waals surface area (Å²) in [6.07, 6.45) is 1.50. The Morgan fingerprint density at radius 3 is 2.70 bits per heavy atom. The monoisotopic (exact) mass is 327 g/mol. The molecule has 1 aliphatic heterocycles. The second-order valence-corrected chi connectivity index (χ2v) is 5.55. The van der Waals surface area contributed by atoms with E-state index in [2.05, 4.69) is 0 Å². The van der Waals surface area contributed by atoms with Gasteiger partial charge in [-0.2, -0.15) is 0 Å². The summed E-state index contributed by atoms with van der Waals surface area (Å²) in [5.41, 5.74) is 0.412. The van der Waals surface area contributed by atoms with Gasteiger partial charge in [0, 0.05) is 19.7 Å². The Labute approximate surface area is 132 Å². The van der Waals surface area contributed by atoms with Crippen LogP contribution in [0, 0.1) is 11.6 Å². The Balaban J connectivity index is 2.03. The van der Waals surface area contributed by atoms with Crippen LogP contribution in [0.2, 0.25) is 0 Å². The normalized spacial score (nSPS) is 17.2. The molecule has 1 aromatic rings. The maximum absolute atomic E-state index is 13.3. The summed E-state index contributed by atoms with van der Waals surface area (Å²) >= 11 is 0. The maximum Gasteiger partial charge on any atom is 0.305 e. The van der Waals surface area contributed by atoms with E-state index < -0.39 is 17.6 Å². The molecular formula is C16H19F2NO4. The van der Waals surface area contributed by atoms with E-state index in [1.165, 1.54) is 11.0 Å². The summed E-state index contributed by atoms with van der Waals surface area (Å²) < 4.78 is 31.7. The van der Waals surface area contributed by atoms with Gasteiger partial charge in [0.1, 0.15) is 0 Å². The molecule has 1 saturated heterocycles. The highest BCUT2D eigenvalue weighted by atomic mass is 19.2. The molecule has 1 atom stereocenters. The molecular weight excluding hydrogens is 308 g/mol. The molecule has 1 unspecified atom stereocenters. The third-order valence-corrected chi connectivity index (χ3v) is 3.73. The van der Waals surface area contributed by atoms with E-state index >= 15 is 0 Å². The van der Waals surface area contributed by atoms with Crippen LogP contribution in [0.15, 0.2) is 18.2 Å². The molecule has 1 amide bonds. The molecule has 5 nitrogen and oxygen atoms in total.